The summed E-state index contributed by atoms with van der Waals surface area (Å²) in [7, 11) is 0. The summed E-state index contributed by atoms with van der Waals surface area (Å²) in [6.07, 6.45) is 1.18. The quantitative estimate of drug-likeness (QED) is 0.400. The van der Waals surface area contributed by atoms with Crippen LogP contribution in [0.25, 0.3) is 16.2 Å². The molecule has 0 aliphatic rings. The highest BCUT2D eigenvalue weighted by Gasteiger charge is 2.19. The lowest BCUT2D eigenvalue weighted by atomic mass is 10.1. The highest BCUT2D eigenvalue weighted by molar-refractivity contribution is 7.15. The molecule has 0 fully saturated rings. The number of nitro groups is 1. The first-order valence-corrected chi connectivity index (χ1v) is 9.42. The zero-order valence-corrected chi connectivity index (χ0v) is 15.9. The summed E-state index contributed by atoms with van der Waals surface area (Å²) in [5.41, 5.74) is 0.323. The van der Waals surface area contributed by atoms with E-state index in [1.54, 1.807) is 11.4 Å². The van der Waals surface area contributed by atoms with E-state index in [1.165, 1.54) is 28.0 Å². The van der Waals surface area contributed by atoms with Crippen LogP contribution in [0.3, 0.4) is 0 Å². The van der Waals surface area contributed by atoms with Crippen LogP contribution in [-0.4, -0.2) is 20.2 Å². The Morgan fingerprint density at radius 1 is 1.23 bits per heavy atom. The molecule has 0 radical (unpaired) electrons. The van der Waals surface area contributed by atoms with Gasteiger partial charge in [0.1, 0.15) is 11.6 Å². The lowest BCUT2D eigenvalue weighted by Crippen LogP contribution is -2.26. The van der Waals surface area contributed by atoms with Crippen LogP contribution in [-0.2, 0) is 0 Å². The highest BCUT2D eigenvalue weighted by Crippen LogP contribution is 2.24. The minimum absolute atomic E-state index is 0.0613. The fraction of sp³-hybridized carbons (Fsp3) is 0. The van der Waals surface area contributed by atoms with E-state index in [1.807, 2.05) is 30.3 Å². The Balaban J connectivity index is 1.75. The molecule has 10 heteroatoms. The first-order chi connectivity index (χ1) is 14.5. The molecule has 1 amide bonds. The minimum atomic E-state index is -0.766. The van der Waals surface area contributed by atoms with E-state index < -0.39 is 16.4 Å². The van der Waals surface area contributed by atoms with Crippen molar-refractivity contribution in [3.05, 3.63) is 91.7 Å². The average molecular weight is 417 g/mol. The lowest BCUT2D eigenvalue weighted by molar-refractivity contribution is -0.384. The number of anilines is 1. The van der Waals surface area contributed by atoms with Gasteiger partial charge in [0.25, 0.3) is 17.2 Å². The smallest absolute Gasteiger partial charge is 0.271 e. The van der Waals surface area contributed by atoms with E-state index in [9.17, 15) is 25.0 Å². The largest absolute Gasteiger partial charge is 0.321 e. The van der Waals surface area contributed by atoms with E-state index in [0.717, 1.165) is 17.7 Å². The van der Waals surface area contributed by atoms with Gasteiger partial charge in [0.2, 0.25) is 0 Å². The van der Waals surface area contributed by atoms with Crippen LogP contribution in [0.15, 0.2) is 64.9 Å². The number of carbonyl (C=O) groups excluding carboxylic acids is 1. The summed E-state index contributed by atoms with van der Waals surface area (Å²) < 4.78 is 1.36. The molecule has 30 heavy (non-hydrogen) atoms. The van der Waals surface area contributed by atoms with E-state index in [4.69, 9.17) is 0 Å². The van der Waals surface area contributed by atoms with Gasteiger partial charge >= 0.3 is 0 Å². The predicted molar refractivity (Wildman–Crippen MR) is 111 cm³/mol. The number of hydrogen-bond acceptors (Lipinski definition) is 7. The van der Waals surface area contributed by atoms with Gasteiger partial charge in [-0.2, -0.15) is 5.26 Å². The molecule has 0 spiro atoms. The van der Waals surface area contributed by atoms with Gasteiger partial charge in [-0.05, 0) is 11.6 Å². The molecule has 1 N–H and O–H groups in total. The van der Waals surface area contributed by atoms with E-state index in [2.05, 4.69) is 10.3 Å². The Hall–Kier alpha value is -4.36. The fourth-order valence-electron chi connectivity index (χ4n) is 2.90. The van der Waals surface area contributed by atoms with Crippen molar-refractivity contribution in [2.75, 3.05) is 5.32 Å². The van der Waals surface area contributed by atoms with Crippen LogP contribution in [0.1, 0.15) is 15.9 Å². The van der Waals surface area contributed by atoms with Crippen LogP contribution < -0.4 is 10.9 Å². The van der Waals surface area contributed by atoms with Crippen molar-refractivity contribution in [2.45, 2.75) is 0 Å². The summed E-state index contributed by atoms with van der Waals surface area (Å²) in [5.74, 6) is -0.766. The number of nitrogens with one attached hydrogen (secondary N) is 1. The predicted octanol–water partition coefficient (Wildman–Crippen LogP) is 3.46. The number of thiazole rings is 1. The molecule has 0 atom stereocenters. The zero-order valence-electron chi connectivity index (χ0n) is 15.1. The second kappa shape index (κ2) is 7.57. The van der Waals surface area contributed by atoms with E-state index >= 15 is 0 Å². The number of carbonyl (C=O) groups is 1. The maximum atomic E-state index is 13.0. The third-order valence-electron chi connectivity index (χ3n) is 4.34. The molecular formula is C20H11N5O4S. The molecule has 9 nitrogen and oxygen atoms in total. The number of hydrogen-bond donors (Lipinski definition) is 1. The van der Waals surface area contributed by atoms with Crippen molar-refractivity contribution in [1.29, 1.82) is 5.26 Å². The number of benzene rings is 2. The number of nitriles is 1. The van der Waals surface area contributed by atoms with Crippen LogP contribution >= 0.6 is 11.3 Å². The maximum absolute atomic E-state index is 13.0. The van der Waals surface area contributed by atoms with Crippen LogP contribution in [0.2, 0.25) is 0 Å². The van der Waals surface area contributed by atoms with Crippen molar-refractivity contribution in [3.63, 3.8) is 0 Å². The highest BCUT2D eigenvalue weighted by atomic mass is 32.1. The van der Waals surface area contributed by atoms with Crippen molar-refractivity contribution in [1.82, 2.24) is 9.38 Å². The topological polar surface area (TPSA) is 130 Å². The number of nitro benzene ring substituents is 1. The number of amides is 1. The molecule has 0 unspecified atom stereocenters. The first kappa shape index (κ1) is 19.0. The molecule has 0 saturated carbocycles. The first-order valence-electron chi connectivity index (χ1n) is 8.54. The van der Waals surface area contributed by atoms with Gasteiger partial charge in [-0.1, -0.05) is 30.3 Å². The molecule has 0 aliphatic heterocycles. The molecule has 146 valence electrons. The van der Waals surface area contributed by atoms with Crippen molar-refractivity contribution < 1.29 is 9.72 Å². The van der Waals surface area contributed by atoms with E-state index in [0.29, 0.717) is 10.7 Å². The second-order valence-electron chi connectivity index (χ2n) is 6.13. The minimum Gasteiger partial charge on any atom is -0.321 e. The van der Waals surface area contributed by atoms with Crippen molar-refractivity contribution in [3.8, 4) is 17.3 Å². The number of nitrogens with zero attached hydrogens (tertiary/aromatic N) is 4. The van der Waals surface area contributed by atoms with Crippen LogP contribution in [0, 0.1) is 21.4 Å². The summed E-state index contributed by atoms with van der Waals surface area (Å²) in [6, 6.07) is 14.5. The van der Waals surface area contributed by atoms with Gasteiger partial charge in [0.15, 0.2) is 4.96 Å². The van der Waals surface area contributed by atoms with Crippen molar-refractivity contribution in [2.24, 2.45) is 0 Å². The molecular weight excluding hydrogens is 406 g/mol. The summed E-state index contributed by atoms with van der Waals surface area (Å²) in [4.78, 5) is 40.6. The lowest BCUT2D eigenvalue weighted by Gasteiger charge is -2.07. The average Bonchev–Trinajstić information content (AvgIpc) is 3.19. The van der Waals surface area contributed by atoms with Gasteiger partial charge < -0.3 is 5.32 Å². The Morgan fingerprint density at radius 3 is 2.70 bits per heavy atom. The third-order valence-corrected chi connectivity index (χ3v) is 5.18. The fourth-order valence-corrected chi connectivity index (χ4v) is 3.75. The van der Waals surface area contributed by atoms with Gasteiger partial charge in [-0.25, -0.2) is 4.98 Å². The molecule has 2 heterocycles. The molecule has 2 aromatic carbocycles. The Morgan fingerprint density at radius 2 is 2.00 bits per heavy atom. The summed E-state index contributed by atoms with van der Waals surface area (Å²) in [6.45, 7) is 0. The van der Waals surface area contributed by atoms with Crippen LogP contribution in [0.4, 0.5) is 11.4 Å². The molecule has 0 saturated heterocycles. The Labute approximate surface area is 172 Å². The second-order valence-corrected chi connectivity index (χ2v) is 6.97. The summed E-state index contributed by atoms with van der Waals surface area (Å²) >= 11 is 1.27. The zero-order chi connectivity index (χ0) is 21.3. The number of rotatable bonds is 4. The Bertz CT molecular complexity index is 1400. The monoisotopic (exact) mass is 417 g/mol. The van der Waals surface area contributed by atoms with E-state index in [-0.39, 0.29) is 22.5 Å². The maximum Gasteiger partial charge on any atom is 0.271 e. The molecule has 0 aliphatic carbocycles. The third kappa shape index (κ3) is 3.30. The summed E-state index contributed by atoms with van der Waals surface area (Å²) in [5, 5.41) is 24.4. The molecule has 2 aromatic heterocycles. The standard InChI is InChI=1S/C20H11N5O4S/c21-9-13-8-14(25(28)29)6-7-16(13)23-18(26)15-10-22-20-24(19(15)27)17(11-30-20)12-4-2-1-3-5-12/h1-8,10-11H,(H,23,26). The number of aromatic nitrogens is 2. The SMILES string of the molecule is N#Cc1cc([N+](=O)[O-])ccc1NC(=O)c1cnc2scc(-c3ccccc3)n2c1=O. The normalized spacial score (nSPS) is 10.5. The van der Waals surface area contributed by atoms with Crippen LogP contribution in [0.5, 0.6) is 0 Å². The number of fused-ring (bicyclic) bond motifs is 1. The molecule has 4 aromatic rings. The van der Waals surface area contributed by atoms with Gasteiger partial charge in [-0.3, -0.25) is 24.1 Å². The van der Waals surface area contributed by atoms with Crippen molar-refractivity contribution >= 4 is 33.6 Å². The molecule has 4 rings (SSSR count). The van der Waals surface area contributed by atoms with Gasteiger partial charge in [0.05, 0.1) is 21.9 Å². The number of non-ortho nitro benzene ring substituents is 1. The van der Waals surface area contributed by atoms with Gasteiger partial charge in [-0.15, -0.1) is 11.3 Å². The van der Waals surface area contributed by atoms with Gasteiger partial charge in [0, 0.05) is 23.7 Å². The molecule has 0 bridgehead atoms. The Kier molecular flexibility index (Phi) is 4.79.